The van der Waals surface area contributed by atoms with Crippen LogP contribution in [0.2, 0.25) is 10.0 Å². The molecule has 0 heterocycles. The van der Waals surface area contributed by atoms with Gasteiger partial charge < -0.3 is 5.32 Å². The molecule has 3 amide bonds. The number of urea groups is 1. The Morgan fingerprint density at radius 1 is 1.29 bits per heavy atom. The first-order valence-corrected chi connectivity index (χ1v) is 4.35. The molecule has 0 bridgehead atoms. The van der Waals surface area contributed by atoms with E-state index in [0.29, 0.717) is 15.7 Å². The Morgan fingerprint density at radius 3 is 2.57 bits per heavy atom. The van der Waals surface area contributed by atoms with Crippen LogP contribution in [0.1, 0.15) is 0 Å². The molecule has 0 spiro atoms. The summed E-state index contributed by atoms with van der Waals surface area (Å²) < 4.78 is 0. The molecule has 74 valence electrons. The minimum atomic E-state index is -0.626. The number of hydrogen-bond donors (Lipinski definition) is 2. The van der Waals surface area contributed by atoms with Gasteiger partial charge >= 0.3 is 6.03 Å². The van der Waals surface area contributed by atoms with Crippen molar-refractivity contribution in [1.29, 1.82) is 0 Å². The molecular formula is C8H6Cl2N2O2. The van der Waals surface area contributed by atoms with Crippen molar-refractivity contribution in [2.45, 2.75) is 0 Å². The minimum Gasteiger partial charge on any atom is -0.308 e. The third kappa shape index (κ3) is 2.90. The fraction of sp³-hybridized carbons (Fsp3) is 0. The molecule has 2 N–H and O–H groups in total. The summed E-state index contributed by atoms with van der Waals surface area (Å²) in [5.41, 5.74) is 0.457. The summed E-state index contributed by atoms with van der Waals surface area (Å²) >= 11 is 11.4. The number of carbonyl (C=O) groups is 2. The highest BCUT2D eigenvalue weighted by Gasteiger charge is 2.02. The van der Waals surface area contributed by atoms with Crippen LogP contribution in [-0.2, 0) is 4.79 Å². The van der Waals surface area contributed by atoms with E-state index in [2.05, 4.69) is 5.32 Å². The number of imide groups is 1. The number of nitrogens with one attached hydrogen (secondary N) is 2. The summed E-state index contributed by atoms with van der Waals surface area (Å²) in [4.78, 5) is 20.8. The predicted octanol–water partition coefficient (Wildman–Crippen LogP) is 2.27. The second-order valence-electron chi connectivity index (χ2n) is 2.35. The van der Waals surface area contributed by atoms with Crippen LogP contribution in [0.25, 0.3) is 0 Å². The highest BCUT2D eigenvalue weighted by molar-refractivity contribution is 6.42. The van der Waals surface area contributed by atoms with Crippen molar-refractivity contribution < 1.29 is 9.59 Å². The van der Waals surface area contributed by atoms with E-state index in [1.807, 2.05) is 5.32 Å². The summed E-state index contributed by atoms with van der Waals surface area (Å²) in [6.45, 7) is 0. The van der Waals surface area contributed by atoms with Gasteiger partial charge in [0.05, 0.1) is 10.0 Å². The maximum Gasteiger partial charge on any atom is 0.325 e. The summed E-state index contributed by atoms with van der Waals surface area (Å²) in [5, 5.41) is 5.03. The van der Waals surface area contributed by atoms with Gasteiger partial charge in [0.15, 0.2) is 0 Å². The number of hydrogen-bond acceptors (Lipinski definition) is 2. The number of amides is 3. The van der Waals surface area contributed by atoms with Gasteiger partial charge in [0.1, 0.15) is 0 Å². The fourth-order valence-corrected chi connectivity index (χ4v) is 1.09. The molecule has 0 aliphatic rings. The molecule has 0 radical (unpaired) electrons. The molecule has 0 unspecified atom stereocenters. The Hall–Kier alpha value is -1.26. The van der Waals surface area contributed by atoms with E-state index in [0.717, 1.165) is 0 Å². The van der Waals surface area contributed by atoms with Crippen LogP contribution in [-0.4, -0.2) is 12.4 Å². The molecule has 4 nitrogen and oxygen atoms in total. The van der Waals surface area contributed by atoms with Crippen molar-refractivity contribution in [1.82, 2.24) is 5.32 Å². The minimum absolute atomic E-state index is 0.285. The average molecular weight is 233 g/mol. The molecular weight excluding hydrogens is 227 g/mol. The van der Waals surface area contributed by atoms with E-state index < -0.39 is 6.03 Å². The van der Waals surface area contributed by atoms with Gasteiger partial charge in [0.2, 0.25) is 6.41 Å². The van der Waals surface area contributed by atoms with E-state index >= 15 is 0 Å². The van der Waals surface area contributed by atoms with Crippen molar-refractivity contribution >= 4 is 41.3 Å². The zero-order valence-electron chi connectivity index (χ0n) is 6.88. The molecule has 1 aromatic rings. The normalized spacial score (nSPS) is 9.29. The molecule has 0 saturated heterocycles. The molecule has 1 aromatic carbocycles. The molecule has 0 aromatic heterocycles. The van der Waals surface area contributed by atoms with Crippen molar-refractivity contribution in [3.05, 3.63) is 28.2 Å². The summed E-state index contributed by atoms with van der Waals surface area (Å²) in [5.74, 6) is 0. The molecule has 1 rings (SSSR count). The zero-order valence-corrected chi connectivity index (χ0v) is 8.39. The van der Waals surface area contributed by atoms with Gasteiger partial charge in [-0.1, -0.05) is 23.2 Å². The number of halogens is 2. The van der Waals surface area contributed by atoms with Gasteiger partial charge in [-0.2, -0.15) is 0 Å². The van der Waals surface area contributed by atoms with Gasteiger partial charge in [-0.05, 0) is 18.2 Å². The topological polar surface area (TPSA) is 58.2 Å². The SMILES string of the molecule is O=CNC(=O)Nc1ccc(Cl)c(Cl)c1. The van der Waals surface area contributed by atoms with Crippen LogP contribution in [0.3, 0.4) is 0 Å². The van der Waals surface area contributed by atoms with Crippen molar-refractivity contribution in [2.24, 2.45) is 0 Å². The van der Waals surface area contributed by atoms with Crippen LogP contribution in [0, 0.1) is 0 Å². The van der Waals surface area contributed by atoms with E-state index in [4.69, 9.17) is 23.2 Å². The van der Waals surface area contributed by atoms with Crippen molar-refractivity contribution in [2.75, 3.05) is 5.32 Å². The molecule has 0 fully saturated rings. The second kappa shape index (κ2) is 4.83. The number of benzene rings is 1. The first-order valence-electron chi connectivity index (χ1n) is 3.59. The quantitative estimate of drug-likeness (QED) is 0.769. The molecule has 0 aliphatic heterocycles. The van der Waals surface area contributed by atoms with Crippen LogP contribution in [0.4, 0.5) is 10.5 Å². The van der Waals surface area contributed by atoms with E-state index in [1.165, 1.54) is 6.07 Å². The lowest BCUT2D eigenvalue weighted by molar-refractivity contribution is -0.108. The highest BCUT2D eigenvalue weighted by atomic mass is 35.5. The Morgan fingerprint density at radius 2 is 2.00 bits per heavy atom. The summed E-state index contributed by atoms with van der Waals surface area (Å²) in [7, 11) is 0. The lowest BCUT2D eigenvalue weighted by Gasteiger charge is -2.04. The lowest BCUT2D eigenvalue weighted by Crippen LogP contribution is -2.27. The third-order valence-electron chi connectivity index (χ3n) is 1.37. The Balaban J connectivity index is 2.72. The lowest BCUT2D eigenvalue weighted by atomic mass is 10.3. The van der Waals surface area contributed by atoms with Gasteiger partial charge in [-0.25, -0.2) is 4.79 Å². The van der Waals surface area contributed by atoms with Crippen LogP contribution < -0.4 is 10.6 Å². The van der Waals surface area contributed by atoms with Gasteiger partial charge in [-0.15, -0.1) is 0 Å². The van der Waals surface area contributed by atoms with Gasteiger partial charge in [0.25, 0.3) is 0 Å². The van der Waals surface area contributed by atoms with Gasteiger partial charge in [-0.3, -0.25) is 10.1 Å². The first kappa shape index (κ1) is 10.8. The second-order valence-corrected chi connectivity index (χ2v) is 3.16. The van der Waals surface area contributed by atoms with Crippen LogP contribution in [0.15, 0.2) is 18.2 Å². The van der Waals surface area contributed by atoms with E-state index in [-0.39, 0.29) is 6.41 Å². The fourth-order valence-electron chi connectivity index (χ4n) is 0.795. The molecule has 6 heteroatoms. The van der Waals surface area contributed by atoms with Crippen molar-refractivity contribution in [3.63, 3.8) is 0 Å². The Kier molecular flexibility index (Phi) is 3.73. The zero-order chi connectivity index (χ0) is 10.6. The van der Waals surface area contributed by atoms with Crippen LogP contribution >= 0.6 is 23.2 Å². The molecule has 14 heavy (non-hydrogen) atoms. The third-order valence-corrected chi connectivity index (χ3v) is 2.11. The number of anilines is 1. The highest BCUT2D eigenvalue weighted by Crippen LogP contribution is 2.24. The summed E-state index contributed by atoms with van der Waals surface area (Å²) in [6.07, 6.45) is 0.285. The smallest absolute Gasteiger partial charge is 0.308 e. The monoisotopic (exact) mass is 232 g/mol. The first-order chi connectivity index (χ1) is 6.63. The Bertz CT molecular complexity index is 368. The molecule has 0 aliphatic carbocycles. The standard InChI is InChI=1S/C8H6Cl2N2O2/c9-6-2-1-5(3-7(6)10)12-8(14)11-4-13/h1-4H,(H2,11,12,13,14). The predicted molar refractivity (Wildman–Crippen MR) is 54.7 cm³/mol. The maximum atomic E-state index is 10.9. The van der Waals surface area contributed by atoms with E-state index in [9.17, 15) is 9.59 Å². The van der Waals surface area contributed by atoms with Crippen LogP contribution in [0.5, 0.6) is 0 Å². The summed E-state index contributed by atoms with van der Waals surface area (Å²) in [6, 6.07) is 3.96. The largest absolute Gasteiger partial charge is 0.325 e. The Labute approximate surface area is 90.2 Å². The van der Waals surface area contributed by atoms with E-state index in [1.54, 1.807) is 12.1 Å². The maximum absolute atomic E-state index is 10.9. The average Bonchev–Trinajstić information content (AvgIpc) is 2.12. The number of carbonyl (C=O) groups excluding carboxylic acids is 2. The molecule has 0 saturated carbocycles. The molecule has 0 atom stereocenters. The number of rotatable bonds is 2. The van der Waals surface area contributed by atoms with Crippen molar-refractivity contribution in [3.8, 4) is 0 Å². The van der Waals surface area contributed by atoms with Gasteiger partial charge in [0, 0.05) is 5.69 Å².